The standard InChI is InChI=1S/C14H13N2/c1-2-3-4-5-8-12-11-15-13-9-6-7-10-14(13)16-12/h2-7,9-11H,1,8H2/b3-2+,5-4+. The Morgan fingerprint density at radius 1 is 1.12 bits per heavy atom. The van der Waals surface area contributed by atoms with Crippen molar-refractivity contribution in [3.63, 3.8) is 0 Å². The minimum absolute atomic E-state index is 0.794. The van der Waals surface area contributed by atoms with Crippen LogP contribution in [0.4, 0.5) is 0 Å². The van der Waals surface area contributed by atoms with E-state index in [0.717, 1.165) is 23.1 Å². The summed E-state index contributed by atoms with van der Waals surface area (Å²) in [5.41, 5.74) is 2.86. The maximum Gasteiger partial charge on any atom is 0.0890 e. The van der Waals surface area contributed by atoms with Crippen molar-refractivity contribution >= 4 is 11.0 Å². The van der Waals surface area contributed by atoms with Gasteiger partial charge >= 0.3 is 0 Å². The van der Waals surface area contributed by atoms with E-state index in [9.17, 15) is 0 Å². The quantitative estimate of drug-likeness (QED) is 0.726. The Hall–Kier alpha value is -1.96. The lowest BCUT2D eigenvalue weighted by atomic mass is 10.2. The van der Waals surface area contributed by atoms with Crippen LogP contribution >= 0.6 is 0 Å². The molecule has 2 aromatic rings. The van der Waals surface area contributed by atoms with Crippen LogP contribution in [0.5, 0.6) is 0 Å². The van der Waals surface area contributed by atoms with Gasteiger partial charge in [0.2, 0.25) is 0 Å². The fourth-order valence-electron chi connectivity index (χ4n) is 1.44. The normalized spacial score (nSPS) is 11.8. The van der Waals surface area contributed by atoms with Crippen molar-refractivity contribution in [2.45, 2.75) is 6.42 Å². The summed E-state index contributed by atoms with van der Waals surface area (Å²) in [6, 6.07) is 7.89. The monoisotopic (exact) mass is 209 g/mol. The van der Waals surface area contributed by atoms with Crippen molar-refractivity contribution in [3.05, 3.63) is 67.4 Å². The topological polar surface area (TPSA) is 25.8 Å². The number of allylic oxidation sites excluding steroid dienone is 4. The molecule has 1 aromatic carbocycles. The van der Waals surface area contributed by atoms with E-state index in [4.69, 9.17) is 0 Å². The van der Waals surface area contributed by atoms with Crippen LogP contribution in [-0.2, 0) is 6.42 Å². The van der Waals surface area contributed by atoms with Crippen LogP contribution in [0.25, 0.3) is 11.0 Å². The summed E-state index contributed by atoms with van der Waals surface area (Å²) in [7, 11) is 0. The zero-order valence-electron chi connectivity index (χ0n) is 9.00. The number of hydrogen-bond acceptors (Lipinski definition) is 2. The van der Waals surface area contributed by atoms with Crippen LogP contribution in [0.15, 0.2) is 54.8 Å². The highest BCUT2D eigenvalue weighted by atomic mass is 14.8. The Morgan fingerprint density at radius 2 is 1.94 bits per heavy atom. The molecule has 0 aliphatic heterocycles. The Morgan fingerprint density at radius 3 is 2.75 bits per heavy atom. The molecule has 0 unspecified atom stereocenters. The van der Waals surface area contributed by atoms with Crippen LogP contribution < -0.4 is 0 Å². The van der Waals surface area contributed by atoms with Gasteiger partial charge in [0.1, 0.15) is 0 Å². The lowest BCUT2D eigenvalue weighted by Gasteiger charge is -1.98. The Bertz CT molecular complexity index is 527. The first-order valence-electron chi connectivity index (χ1n) is 5.22. The summed E-state index contributed by atoms with van der Waals surface area (Å²) in [6.45, 7) is 3.61. The van der Waals surface area contributed by atoms with Gasteiger partial charge in [-0.05, 0) is 19.1 Å². The molecule has 0 fully saturated rings. The third-order valence-electron chi connectivity index (χ3n) is 2.21. The van der Waals surface area contributed by atoms with Gasteiger partial charge in [-0.2, -0.15) is 0 Å². The summed E-state index contributed by atoms with van der Waals surface area (Å²) in [5, 5.41) is 0. The molecule has 1 aromatic heterocycles. The highest BCUT2D eigenvalue weighted by Crippen LogP contribution is 2.08. The largest absolute Gasteiger partial charge is 0.253 e. The Labute approximate surface area is 95.4 Å². The summed E-state index contributed by atoms with van der Waals surface area (Å²) in [4.78, 5) is 8.87. The molecular weight excluding hydrogens is 196 g/mol. The Kier molecular flexibility index (Phi) is 3.44. The van der Waals surface area contributed by atoms with Crippen LogP contribution in [0.1, 0.15) is 5.69 Å². The minimum Gasteiger partial charge on any atom is -0.253 e. The van der Waals surface area contributed by atoms with Gasteiger partial charge in [-0.1, -0.05) is 36.4 Å². The van der Waals surface area contributed by atoms with Gasteiger partial charge in [0.25, 0.3) is 0 Å². The highest BCUT2D eigenvalue weighted by molar-refractivity contribution is 5.73. The predicted octanol–water partition coefficient (Wildman–Crippen LogP) is 3.12. The van der Waals surface area contributed by atoms with Crippen LogP contribution in [0.3, 0.4) is 0 Å². The number of rotatable bonds is 3. The molecule has 1 heterocycles. The number of hydrogen-bond donors (Lipinski definition) is 0. The van der Waals surface area contributed by atoms with Crippen molar-refractivity contribution in [2.24, 2.45) is 0 Å². The van der Waals surface area contributed by atoms with Crippen molar-refractivity contribution < 1.29 is 0 Å². The average molecular weight is 209 g/mol. The second kappa shape index (κ2) is 5.21. The molecule has 0 saturated carbocycles. The van der Waals surface area contributed by atoms with E-state index in [0.29, 0.717) is 0 Å². The number of benzene rings is 1. The third kappa shape index (κ3) is 2.54. The molecule has 0 bridgehead atoms. The van der Waals surface area contributed by atoms with Crippen molar-refractivity contribution in [3.8, 4) is 0 Å². The molecule has 2 nitrogen and oxygen atoms in total. The highest BCUT2D eigenvalue weighted by Gasteiger charge is 1.96. The van der Waals surface area contributed by atoms with Crippen molar-refractivity contribution in [2.75, 3.05) is 0 Å². The fraction of sp³-hybridized carbons (Fsp3) is 0.0714. The van der Waals surface area contributed by atoms with E-state index in [-0.39, 0.29) is 0 Å². The molecular formula is C14H13N2. The van der Waals surface area contributed by atoms with E-state index in [1.54, 1.807) is 6.08 Å². The molecule has 1 radical (unpaired) electrons. The molecule has 0 amide bonds. The van der Waals surface area contributed by atoms with Crippen molar-refractivity contribution in [1.82, 2.24) is 9.97 Å². The van der Waals surface area contributed by atoms with E-state index in [1.165, 1.54) is 0 Å². The van der Waals surface area contributed by atoms with Gasteiger partial charge in [-0.3, -0.25) is 4.98 Å². The predicted molar refractivity (Wildman–Crippen MR) is 66.9 cm³/mol. The Balaban J connectivity index is 2.19. The first kappa shape index (κ1) is 10.6. The SMILES string of the molecule is [CH2]/C=C/C=C/Cc1cnc2ccccc2n1. The lowest BCUT2D eigenvalue weighted by Crippen LogP contribution is -1.90. The molecule has 0 aliphatic carbocycles. The summed E-state index contributed by atoms with van der Waals surface area (Å²) in [6.07, 6.45) is 10.3. The first-order valence-corrected chi connectivity index (χ1v) is 5.22. The number of para-hydroxylation sites is 2. The summed E-state index contributed by atoms with van der Waals surface area (Å²) >= 11 is 0. The molecule has 0 atom stereocenters. The third-order valence-corrected chi connectivity index (χ3v) is 2.21. The van der Waals surface area contributed by atoms with Gasteiger partial charge in [-0.25, -0.2) is 4.98 Å². The van der Waals surface area contributed by atoms with Gasteiger partial charge in [0.05, 0.1) is 16.7 Å². The zero-order valence-corrected chi connectivity index (χ0v) is 9.00. The maximum absolute atomic E-state index is 4.52. The summed E-state index contributed by atoms with van der Waals surface area (Å²) in [5.74, 6) is 0. The molecule has 0 spiro atoms. The van der Waals surface area contributed by atoms with Gasteiger partial charge in [0.15, 0.2) is 0 Å². The molecule has 0 saturated heterocycles. The van der Waals surface area contributed by atoms with E-state index in [1.807, 2.05) is 48.7 Å². The first-order chi connectivity index (χ1) is 7.90. The van der Waals surface area contributed by atoms with Crippen LogP contribution in [0.2, 0.25) is 0 Å². The molecule has 16 heavy (non-hydrogen) atoms. The van der Waals surface area contributed by atoms with Gasteiger partial charge < -0.3 is 0 Å². The summed E-state index contributed by atoms with van der Waals surface area (Å²) < 4.78 is 0. The molecule has 2 rings (SSSR count). The van der Waals surface area contributed by atoms with Crippen molar-refractivity contribution in [1.29, 1.82) is 0 Å². The number of fused-ring (bicyclic) bond motifs is 1. The van der Waals surface area contributed by atoms with Gasteiger partial charge in [0, 0.05) is 12.6 Å². The average Bonchev–Trinajstić information content (AvgIpc) is 2.34. The molecule has 0 N–H and O–H groups in total. The molecule has 0 aliphatic rings. The molecule has 79 valence electrons. The van der Waals surface area contributed by atoms with E-state index < -0.39 is 0 Å². The fourth-order valence-corrected chi connectivity index (χ4v) is 1.44. The van der Waals surface area contributed by atoms with Crippen LogP contribution in [0, 0.1) is 6.92 Å². The lowest BCUT2D eigenvalue weighted by molar-refractivity contribution is 1.10. The number of aromatic nitrogens is 2. The molecule has 2 heteroatoms. The second-order valence-electron chi connectivity index (χ2n) is 3.41. The van der Waals surface area contributed by atoms with Gasteiger partial charge in [-0.15, -0.1) is 0 Å². The maximum atomic E-state index is 4.52. The second-order valence-corrected chi connectivity index (χ2v) is 3.41. The number of nitrogens with zero attached hydrogens (tertiary/aromatic N) is 2. The smallest absolute Gasteiger partial charge is 0.0890 e. The van der Waals surface area contributed by atoms with E-state index in [2.05, 4.69) is 16.9 Å². The van der Waals surface area contributed by atoms with Crippen LogP contribution in [-0.4, -0.2) is 9.97 Å². The minimum atomic E-state index is 0.794. The van der Waals surface area contributed by atoms with E-state index >= 15 is 0 Å². The zero-order chi connectivity index (χ0) is 11.2.